The Labute approximate surface area is 101 Å². The number of benzene rings is 1. The van der Waals surface area contributed by atoms with Gasteiger partial charge in [-0.05, 0) is 19.9 Å². The molecule has 90 valence electrons. The maximum absolute atomic E-state index is 11.5. The Kier molecular flexibility index (Phi) is 3.96. The third-order valence-corrected chi connectivity index (χ3v) is 4.59. The highest BCUT2D eigenvalue weighted by atomic mass is 35.5. The highest BCUT2D eigenvalue weighted by molar-refractivity contribution is 7.85. The van der Waals surface area contributed by atoms with Crippen LogP contribution in [0.2, 0.25) is 5.02 Å². The van der Waals surface area contributed by atoms with Crippen LogP contribution in [0.1, 0.15) is 13.8 Å². The fourth-order valence-corrected chi connectivity index (χ4v) is 2.99. The van der Waals surface area contributed by atoms with Gasteiger partial charge < -0.3 is 0 Å². The van der Waals surface area contributed by atoms with Gasteiger partial charge in [-0.25, -0.2) is 4.55 Å². The topological polar surface area (TPSA) is 54.4 Å². The molecule has 0 spiro atoms. The van der Waals surface area contributed by atoms with Crippen LogP contribution in [0.25, 0.3) is 0 Å². The van der Waals surface area contributed by atoms with Gasteiger partial charge in [0.2, 0.25) is 0 Å². The summed E-state index contributed by atoms with van der Waals surface area (Å²) in [7, 11) is -4.22. The fraction of sp³-hybridized carbons (Fsp3) is 0.400. The molecule has 0 heterocycles. The number of nitrogens with zero attached hydrogens (tertiary/aromatic N) is 1. The molecule has 1 N–H and O–H groups in total. The summed E-state index contributed by atoms with van der Waals surface area (Å²) >= 11 is 5.83. The molecule has 16 heavy (non-hydrogen) atoms. The second-order valence-electron chi connectivity index (χ2n) is 3.45. The molecule has 0 amide bonds. The summed E-state index contributed by atoms with van der Waals surface area (Å²) in [6, 6.07) is 6.53. The molecule has 0 aliphatic heterocycles. The fourth-order valence-electron chi connectivity index (χ4n) is 1.78. The van der Waals surface area contributed by atoms with E-state index in [0.717, 1.165) is 0 Å². The molecule has 0 aliphatic rings. The summed E-state index contributed by atoms with van der Waals surface area (Å²) < 4.78 is 31.9. The van der Waals surface area contributed by atoms with Crippen molar-refractivity contribution in [1.82, 2.24) is 3.89 Å². The molecule has 6 heteroatoms. The van der Waals surface area contributed by atoms with Crippen molar-refractivity contribution in [2.24, 2.45) is 0 Å². The summed E-state index contributed by atoms with van der Waals surface area (Å²) in [5.41, 5.74) is 0.472. The van der Waals surface area contributed by atoms with Gasteiger partial charge in [-0.1, -0.05) is 17.7 Å². The molecule has 0 fully saturated rings. The first-order valence-corrected chi connectivity index (χ1v) is 6.75. The molecule has 0 saturated carbocycles. The van der Waals surface area contributed by atoms with Gasteiger partial charge in [0.15, 0.2) is 5.69 Å². The molecule has 0 radical (unpaired) electrons. The van der Waals surface area contributed by atoms with Gasteiger partial charge in [-0.2, -0.15) is 3.89 Å². The largest absolute Gasteiger partial charge is 0.437 e. The lowest BCUT2D eigenvalue weighted by Gasteiger charge is -2.31. The third-order valence-electron chi connectivity index (χ3n) is 2.74. The molecule has 0 bridgehead atoms. The lowest BCUT2D eigenvalue weighted by molar-refractivity contribution is 0.367. The highest BCUT2D eigenvalue weighted by Gasteiger charge is 2.40. The van der Waals surface area contributed by atoms with Crippen LogP contribution >= 0.6 is 11.6 Å². The maximum atomic E-state index is 11.5. The molecule has 1 aromatic carbocycles. The Morgan fingerprint density at radius 2 is 1.88 bits per heavy atom. The second-order valence-corrected chi connectivity index (χ2v) is 5.48. The number of rotatable bonds is 4. The predicted octanol–water partition coefficient (Wildman–Crippen LogP) is 2.49. The summed E-state index contributed by atoms with van der Waals surface area (Å²) in [6.07, 6.45) is 0. The average molecular weight is 265 g/mol. The standard InChI is InChI=1S/C10H14ClNO3S/c1-3-12(4-2,16(13,14)15)10-7-5-6-9(11)8-10/h5-8H,3-4H2,1-2H3/p+1. The van der Waals surface area contributed by atoms with E-state index >= 15 is 0 Å². The molecule has 0 saturated heterocycles. The van der Waals surface area contributed by atoms with Crippen molar-refractivity contribution >= 4 is 27.6 Å². The van der Waals surface area contributed by atoms with Crippen LogP contribution in [0.4, 0.5) is 5.69 Å². The van der Waals surface area contributed by atoms with Gasteiger partial charge in [0.05, 0.1) is 13.1 Å². The van der Waals surface area contributed by atoms with Gasteiger partial charge in [0.25, 0.3) is 0 Å². The Hall–Kier alpha value is -0.620. The second kappa shape index (κ2) is 4.71. The molecule has 1 aromatic rings. The highest BCUT2D eigenvalue weighted by Crippen LogP contribution is 2.28. The molecular weight excluding hydrogens is 250 g/mol. The SMILES string of the molecule is CC[N+](CC)(c1cccc(Cl)c1)S(=O)(=O)O. The molecule has 0 aromatic heterocycles. The molecular formula is C10H15ClNO3S+. The van der Waals surface area contributed by atoms with E-state index in [-0.39, 0.29) is 13.1 Å². The van der Waals surface area contributed by atoms with Crippen LogP contribution in [0.5, 0.6) is 0 Å². The van der Waals surface area contributed by atoms with Gasteiger partial charge >= 0.3 is 10.3 Å². The lowest BCUT2D eigenvalue weighted by Crippen LogP contribution is -2.53. The normalized spacial score (nSPS) is 12.8. The maximum Gasteiger partial charge on any atom is 0.437 e. The van der Waals surface area contributed by atoms with Crippen LogP contribution in [0.15, 0.2) is 24.3 Å². The minimum Gasteiger partial charge on any atom is -0.241 e. The van der Waals surface area contributed by atoms with Gasteiger partial charge in [0.1, 0.15) is 0 Å². The molecule has 0 atom stereocenters. The first-order chi connectivity index (χ1) is 7.37. The average Bonchev–Trinajstić information content (AvgIpc) is 2.18. The Morgan fingerprint density at radius 3 is 2.25 bits per heavy atom. The molecule has 0 aliphatic carbocycles. The predicted molar refractivity (Wildman–Crippen MR) is 65.9 cm³/mol. The van der Waals surface area contributed by atoms with E-state index in [1.165, 1.54) is 0 Å². The molecule has 4 nitrogen and oxygen atoms in total. The zero-order chi connectivity index (χ0) is 12.4. The van der Waals surface area contributed by atoms with Gasteiger partial charge in [-0.3, -0.25) is 0 Å². The zero-order valence-electron chi connectivity index (χ0n) is 9.22. The van der Waals surface area contributed by atoms with Gasteiger partial charge in [0, 0.05) is 17.2 Å². The number of quaternary nitrogens is 1. The quantitative estimate of drug-likeness (QED) is 0.671. The van der Waals surface area contributed by atoms with E-state index < -0.39 is 14.2 Å². The first kappa shape index (κ1) is 13.4. The van der Waals surface area contributed by atoms with Crippen LogP contribution < -0.4 is 3.89 Å². The van der Waals surface area contributed by atoms with E-state index in [4.69, 9.17) is 11.6 Å². The van der Waals surface area contributed by atoms with Gasteiger partial charge in [-0.15, -0.1) is 8.42 Å². The Morgan fingerprint density at radius 1 is 1.31 bits per heavy atom. The van der Waals surface area contributed by atoms with Crippen molar-refractivity contribution < 1.29 is 13.0 Å². The lowest BCUT2D eigenvalue weighted by atomic mass is 10.3. The van der Waals surface area contributed by atoms with E-state index in [2.05, 4.69) is 0 Å². The van der Waals surface area contributed by atoms with Crippen molar-refractivity contribution in [2.45, 2.75) is 13.8 Å². The van der Waals surface area contributed by atoms with Crippen LogP contribution in [0, 0.1) is 0 Å². The Balaban J connectivity index is 3.44. The minimum absolute atomic E-state index is 0.246. The Bertz CT molecular complexity index is 469. The summed E-state index contributed by atoms with van der Waals surface area (Å²) in [5.74, 6) is 0. The zero-order valence-corrected chi connectivity index (χ0v) is 10.8. The number of halogens is 1. The van der Waals surface area contributed by atoms with Crippen molar-refractivity contribution in [3.63, 3.8) is 0 Å². The molecule has 0 unspecified atom stereocenters. The first-order valence-electron chi connectivity index (χ1n) is 4.98. The summed E-state index contributed by atoms with van der Waals surface area (Å²) in [5, 5.41) is 0.450. The van der Waals surface area contributed by atoms with Crippen molar-refractivity contribution in [1.29, 1.82) is 0 Å². The monoisotopic (exact) mass is 264 g/mol. The van der Waals surface area contributed by atoms with E-state index in [1.807, 2.05) is 0 Å². The summed E-state index contributed by atoms with van der Waals surface area (Å²) in [4.78, 5) is 0. The smallest absolute Gasteiger partial charge is 0.241 e. The summed E-state index contributed by atoms with van der Waals surface area (Å²) in [6.45, 7) is 3.90. The van der Waals surface area contributed by atoms with E-state index in [9.17, 15) is 13.0 Å². The van der Waals surface area contributed by atoms with Crippen molar-refractivity contribution in [2.75, 3.05) is 13.1 Å². The van der Waals surface area contributed by atoms with Crippen molar-refractivity contribution in [3.8, 4) is 0 Å². The van der Waals surface area contributed by atoms with E-state index in [1.54, 1.807) is 38.1 Å². The number of hydrogen-bond donors (Lipinski definition) is 1. The van der Waals surface area contributed by atoms with Crippen LogP contribution in [-0.2, 0) is 10.3 Å². The van der Waals surface area contributed by atoms with Crippen LogP contribution in [-0.4, -0.2) is 26.1 Å². The van der Waals surface area contributed by atoms with Crippen molar-refractivity contribution in [3.05, 3.63) is 29.3 Å². The molecule has 1 rings (SSSR count). The van der Waals surface area contributed by atoms with Crippen LogP contribution in [0.3, 0.4) is 0 Å². The number of hydrogen-bond acceptors (Lipinski definition) is 2. The third kappa shape index (κ3) is 2.22. The van der Waals surface area contributed by atoms with E-state index in [0.29, 0.717) is 10.7 Å². The minimum atomic E-state index is -4.22.